The molecule has 0 aromatic heterocycles. The number of aliphatic carboxylic acids is 1. The third-order valence-electron chi connectivity index (χ3n) is 3.10. The quantitative estimate of drug-likeness (QED) is 0.789. The molecule has 2 N–H and O–H groups in total. The van der Waals surface area contributed by atoms with Gasteiger partial charge in [0.2, 0.25) is 0 Å². The second kappa shape index (κ2) is 7.42. The summed E-state index contributed by atoms with van der Waals surface area (Å²) >= 11 is 0. The Hall–Kier alpha value is -2.02. The number of rotatable bonds is 7. The third-order valence-corrected chi connectivity index (χ3v) is 3.10. The van der Waals surface area contributed by atoms with Crippen molar-refractivity contribution in [1.29, 1.82) is 5.26 Å². The van der Waals surface area contributed by atoms with Crippen molar-refractivity contribution < 1.29 is 9.90 Å². The summed E-state index contributed by atoms with van der Waals surface area (Å²) in [5, 5.41) is 20.9. The number of nitrogens with zero attached hydrogens (tertiary/aromatic N) is 1. The number of carboxylic acid groups (broad SMARTS) is 1. The second-order valence-corrected chi connectivity index (χ2v) is 4.91. The van der Waals surface area contributed by atoms with Crippen molar-refractivity contribution in [2.24, 2.45) is 5.92 Å². The van der Waals surface area contributed by atoms with Crippen molar-refractivity contribution >= 4 is 11.7 Å². The van der Waals surface area contributed by atoms with Gasteiger partial charge in [-0.2, -0.15) is 5.26 Å². The summed E-state index contributed by atoms with van der Waals surface area (Å²) in [4.78, 5) is 10.5. The monoisotopic (exact) mass is 260 g/mol. The number of hydrogen-bond acceptors (Lipinski definition) is 3. The van der Waals surface area contributed by atoms with Crippen molar-refractivity contribution in [2.75, 3.05) is 11.9 Å². The third kappa shape index (κ3) is 5.43. The SMILES string of the molecule is Cc1ccc(NCCC(C)CCC(=O)O)c(C#N)c1. The van der Waals surface area contributed by atoms with Gasteiger partial charge in [0.1, 0.15) is 6.07 Å². The van der Waals surface area contributed by atoms with Gasteiger partial charge in [-0.05, 0) is 43.4 Å². The Kier molecular flexibility index (Phi) is 5.87. The lowest BCUT2D eigenvalue weighted by molar-refractivity contribution is -0.137. The maximum Gasteiger partial charge on any atom is 0.303 e. The predicted molar refractivity (Wildman–Crippen MR) is 75.0 cm³/mol. The van der Waals surface area contributed by atoms with Crippen LogP contribution in [-0.2, 0) is 4.79 Å². The molecule has 0 bridgehead atoms. The minimum Gasteiger partial charge on any atom is -0.481 e. The van der Waals surface area contributed by atoms with Crippen molar-refractivity contribution in [1.82, 2.24) is 0 Å². The van der Waals surface area contributed by atoms with Gasteiger partial charge in [-0.25, -0.2) is 0 Å². The molecule has 1 rings (SSSR count). The van der Waals surface area contributed by atoms with E-state index in [0.29, 0.717) is 17.9 Å². The molecule has 0 aliphatic heterocycles. The van der Waals surface area contributed by atoms with Gasteiger partial charge in [0.05, 0.1) is 11.3 Å². The standard InChI is InChI=1S/C15H20N2O2/c1-11(4-6-15(18)19)7-8-17-14-5-3-12(2)9-13(14)10-16/h3,5,9,11,17H,4,6-8H2,1-2H3,(H,18,19). The fourth-order valence-electron chi connectivity index (χ4n) is 1.87. The van der Waals surface area contributed by atoms with Gasteiger partial charge < -0.3 is 10.4 Å². The van der Waals surface area contributed by atoms with E-state index in [-0.39, 0.29) is 6.42 Å². The molecule has 1 aromatic carbocycles. The van der Waals surface area contributed by atoms with Gasteiger partial charge in [-0.1, -0.05) is 13.0 Å². The normalized spacial score (nSPS) is 11.6. The van der Waals surface area contributed by atoms with Crippen LogP contribution in [0, 0.1) is 24.2 Å². The topological polar surface area (TPSA) is 73.1 Å². The van der Waals surface area contributed by atoms with Crippen LogP contribution in [0.15, 0.2) is 18.2 Å². The number of anilines is 1. The van der Waals surface area contributed by atoms with Gasteiger partial charge in [-0.15, -0.1) is 0 Å². The molecule has 0 aliphatic rings. The number of aryl methyl sites for hydroxylation is 1. The number of nitrogens with one attached hydrogen (secondary N) is 1. The van der Waals surface area contributed by atoms with E-state index in [0.717, 1.165) is 24.2 Å². The lowest BCUT2D eigenvalue weighted by Crippen LogP contribution is -2.09. The first-order valence-corrected chi connectivity index (χ1v) is 6.49. The van der Waals surface area contributed by atoms with Gasteiger partial charge in [0, 0.05) is 13.0 Å². The van der Waals surface area contributed by atoms with Crippen molar-refractivity contribution in [2.45, 2.75) is 33.1 Å². The average molecular weight is 260 g/mol. The molecule has 0 heterocycles. The minimum atomic E-state index is -0.745. The molecule has 19 heavy (non-hydrogen) atoms. The van der Waals surface area contributed by atoms with Crippen LogP contribution in [0.25, 0.3) is 0 Å². The minimum absolute atomic E-state index is 0.217. The lowest BCUT2D eigenvalue weighted by atomic mass is 10.0. The largest absolute Gasteiger partial charge is 0.481 e. The van der Waals surface area contributed by atoms with E-state index in [1.54, 1.807) is 0 Å². The number of benzene rings is 1. The lowest BCUT2D eigenvalue weighted by Gasteiger charge is -2.12. The highest BCUT2D eigenvalue weighted by Gasteiger charge is 2.06. The van der Waals surface area contributed by atoms with E-state index in [9.17, 15) is 4.79 Å². The molecular formula is C15H20N2O2. The van der Waals surface area contributed by atoms with Crippen molar-refractivity contribution in [3.63, 3.8) is 0 Å². The van der Waals surface area contributed by atoms with E-state index in [4.69, 9.17) is 10.4 Å². The van der Waals surface area contributed by atoms with Crippen LogP contribution in [0.2, 0.25) is 0 Å². The molecule has 0 saturated heterocycles. The molecule has 0 amide bonds. The maximum absolute atomic E-state index is 10.5. The molecule has 1 atom stereocenters. The Bertz CT molecular complexity index is 478. The Labute approximate surface area is 114 Å². The van der Waals surface area contributed by atoms with Gasteiger partial charge in [0.15, 0.2) is 0 Å². The predicted octanol–water partition coefficient (Wildman–Crippen LogP) is 3.17. The first-order valence-electron chi connectivity index (χ1n) is 6.49. The van der Waals surface area contributed by atoms with Crippen LogP contribution in [0.4, 0.5) is 5.69 Å². The molecule has 0 spiro atoms. The molecule has 102 valence electrons. The van der Waals surface area contributed by atoms with E-state index in [1.165, 1.54) is 0 Å². The Morgan fingerprint density at radius 2 is 2.21 bits per heavy atom. The van der Waals surface area contributed by atoms with E-state index < -0.39 is 5.97 Å². The van der Waals surface area contributed by atoms with Crippen LogP contribution in [-0.4, -0.2) is 17.6 Å². The molecule has 0 saturated carbocycles. The van der Waals surface area contributed by atoms with Crippen molar-refractivity contribution in [3.05, 3.63) is 29.3 Å². The Morgan fingerprint density at radius 1 is 1.47 bits per heavy atom. The van der Waals surface area contributed by atoms with Crippen LogP contribution < -0.4 is 5.32 Å². The summed E-state index contributed by atoms with van der Waals surface area (Å²) < 4.78 is 0. The average Bonchev–Trinajstić information content (AvgIpc) is 2.38. The summed E-state index contributed by atoms with van der Waals surface area (Å²) in [6.45, 7) is 4.75. The highest BCUT2D eigenvalue weighted by Crippen LogP contribution is 2.17. The highest BCUT2D eigenvalue weighted by atomic mass is 16.4. The molecule has 1 unspecified atom stereocenters. The van der Waals surface area contributed by atoms with E-state index in [2.05, 4.69) is 11.4 Å². The number of hydrogen-bond donors (Lipinski definition) is 2. The first-order chi connectivity index (χ1) is 9.02. The summed E-state index contributed by atoms with van der Waals surface area (Å²) in [5.74, 6) is -0.385. The zero-order chi connectivity index (χ0) is 14.3. The fraction of sp³-hybridized carbons (Fsp3) is 0.467. The molecule has 0 radical (unpaired) electrons. The number of carbonyl (C=O) groups is 1. The van der Waals surface area contributed by atoms with Gasteiger partial charge in [-0.3, -0.25) is 4.79 Å². The number of nitriles is 1. The van der Waals surface area contributed by atoms with E-state index >= 15 is 0 Å². The molecule has 0 aliphatic carbocycles. The molecule has 4 nitrogen and oxygen atoms in total. The smallest absolute Gasteiger partial charge is 0.303 e. The molecule has 0 fully saturated rings. The Balaban J connectivity index is 2.41. The van der Waals surface area contributed by atoms with Crippen LogP contribution in [0.3, 0.4) is 0 Å². The van der Waals surface area contributed by atoms with Gasteiger partial charge in [0.25, 0.3) is 0 Å². The molecule has 4 heteroatoms. The van der Waals surface area contributed by atoms with E-state index in [1.807, 2.05) is 32.0 Å². The maximum atomic E-state index is 10.5. The Morgan fingerprint density at radius 3 is 2.84 bits per heavy atom. The fourth-order valence-corrected chi connectivity index (χ4v) is 1.87. The van der Waals surface area contributed by atoms with Crippen LogP contribution in [0.5, 0.6) is 0 Å². The second-order valence-electron chi connectivity index (χ2n) is 4.91. The first kappa shape index (κ1) is 15.0. The summed E-state index contributed by atoms with van der Waals surface area (Å²) in [7, 11) is 0. The number of carboxylic acids is 1. The highest BCUT2D eigenvalue weighted by molar-refractivity contribution is 5.66. The summed E-state index contributed by atoms with van der Waals surface area (Å²) in [6, 6.07) is 7.91. The molecular weight excluding hydrogens is 240 g/mol. The van der Waals surface area contributed by atoms with Gasteiger partial charge >= 0.3 is 5.97 Å². The molecule has 1 aromatic rings. The van der Waals surface area contributed by atoms with Crippen molar-refractivity contribution in [3.8, 4) is 6.07 Å². The zero-order valence-corrected chi connectivity index (χ0v) is 11.4. The van der Waals surface area contributed by atoms with Crippen LogP contribution >= 0.6 is 0 Å². The summed E-state index contributed by atoms with van der Waals surface area (Å²) in [5.41, 5.74) is 2.56. The summed E-state index contributed by atoms with van der Waals surface area (Å²) in [6.07, 6.45) is 1.80. The zero-order valence-electron chi connectivity index (χ0n) is 11.4. The van der Waals surface area contributed by atoms with Crippen LogP contribution in [0.1, 0.15) is 37.3 Å².